The van der Waals surface area contributed by atoms with Crippen molar-refractivity contribution < 1.29 is 14.0 Å². The number of carbonyl (C=O) groups excluding carboxylic acids is 2. The maximum absolute atomic E-state index is 12.0. The van der Waals surface area contributed by atoms with E-state index in [9.17, 15) is 9.59 Å². The van der Waals surface area contributed by atoms with Crippen LogP contribution in [0.3, 0.4) is 0 Å². The lowest BCUT2D eigenvalue weighted by atomic mass is 10.1. The quantitative estimate of drug-likeness (QED) is 0.800. The van der Waals surface area contributed by atoms with E-state index in [1.807, 2.05) is 11.0 Å². The molecule has 6 heteroatoms. The van der Waals surface area contributed by atoms with Gasteiger partial charge in [0.05, 0.1) is 25.3 Å². The molecule has 0 bridgehead atoms. The van der Waals surface area contributed by atoms with Crippen molar-refractivity contribution in [2.75, 3.05) is 19.6 Å². The van der Waals surface area contributed by atoms with E-state index in [-0.39, 0.29) is 17.7 Å². The summed E-state index contributed by atoms with van der Waals surface area (Å²) >= 11 is 0. The summed E-state index contributed by atoms with van der Waals surface area (Å²) in [5, 5.41) is 5.86. The number of nitrogens with one attached hydrogen (secondary N) is 2. The SMILES string of the molecule is O=C(CN1CCC(C(=O)NC2CC2)C1)NCc1ccco1. The van der Waals surface area contributed by atoms with Crippen molar-refractivity contribution in [2.24, 2.45) is 5.92 Å². The number of carbonyl (C=O) groups is 2. The van der Waals surface area contributed by atoms with Gasteiger partial charge in [-0.3, -0.25) is 14.5 Å². The minimum absolute atomic E-state index is 0.0310. The zero-order valence-corrected chi connectivity index (χ0v) is 12.0. The molecule has 1 aromatic heterocycles. The van der Waals surface area contributed by atoms with Crippen molar-refractivity contribution in [3.63, 3.8) is 0 Å². The lowest BCUT2D eigenvalue weighted by Crippen LogP contribution is -2.38. The fourth-order valence-electron chi connectivity index (χ4n) is 2.59. The Balaban J connectivity index is 1.37. The van der Waals surface area contributed by atoms with Gasteiger partial charge in [-0.1, -0.05) is 0 Å². The molecular weight excluding hydrogens is 270 g/mol. The van der Waals surface area contributed by atoms with Crippen LogP contribution in [0.1, 0.15) is 25.0 Å². The Kier molecular flexibility index (Phi) is 4.24. The zero-order chi connectivity index (χ0) is 14.7. The van der Waals surface area contributed by atoms with Gasteiger partial charge in [-0.25, -0.2) is 0 Å². The van der Waals surface area contributed by atoms with E-state index < -0.39 is 0 Å². The summed E-state index contributed by atoms with van der Waals surface area (Å²) < 4.78 is 5.16. The smallest absolute Gasteiger partial charge is 0.234 e. The van der Waals surface area contributed by atoms with Gasteiger partial charge in [-0.2, -0.15) is 0 Å². The lowest BCUT2D eigenvalue weighted by molar-refractivity contribution is -0.125. The van der Waals surface area contributed by atoms with Gasteiger partial charge >= 0.3 is 0 Å². The van der Waals surface area contributed by atoms with Crippen LogP contribution in [0.15, 0.2) is 22.8 Å². The van der Waals surface area contributed by atoms with Gasteiger partial charge in [0.1, 0.15) is 5.76 Å². The number of nitrogens with zero attached hydrogens (tertiary/aromatic N) is 1. The van der Waals surface area contributed by atoms with Crippen LogP contribution in [0.5, 0.6) is 0 Å². The maximum atomic E-state index is 12.0. The molecule has 0 aromatic carbocycles. The Hall–Kier alpha value is -1.82. The van der Waals surface area contributed by atoms with E-state index in [1.165, 1.54) is 0 Å². The first-order chi connectivity index (χ1) is 10.2. The first-order valence-electron chi connectivity index (χ1n) is 7.52. The largest absolute Gasteiger partial charge is 0.467 e. The first kappa shape index (κ1) is 14.1. The minimum atomic E-state index is -0.0327. The van der Waals surface area contributed by atoms with Crippen LogP contribution in [0.2, 0.25) is 0 Å². The number of rotatable bonds is 6. The molecule has 0 spiro atoms. The zero-order valence-electron chi connectivity index (χ0n) is 12.0. The maximum Gasteiger partial charge on any atom is 0.234 e. The van der Waals surface area contributed by atoms with Crippen molar-refractivity contribution in [3.05, 3.63) is 24.2 Å². The second kappa shape index (κ2) is 6.30. The summed E-state index contributed by atoms with van der Waals surface area (Å²) in [5.41, 5.74) is 0. The molecule has 1 aliphatic carbocycles. The fourth-order valence-corrected chi connectivity index (χ4v) is 2.59. The fraction of sp³-hybridized carbons (Fsp3) is 0.600. The highest BCUT2D eigenvalue weighted by molar-refractivity contribution is 5.80. The minimum Gasteiger partial charge on any atom is -0.467 e. The summed E-state index contributed by atoms with van der Waals surface area (Å²) in [6.07, 6.45) is 4.64. The third-order valence-corrected chi connectivity index (χ3v) is 3.97. The summed E-state index contributed by atoms with van der Waals surface area (Å²) in [7, 11) is 0. The molecule has 1 saturated heterocycles. The number of likely N-dealkylation sites (tertiary alicyclic amines) is 1. The van der Waals surface area contributed by atoms with E-state index in [0.29, 0.717) is 25.7 Å². The Labute approximate surface area is 123 Å². The molecule has 2 aliphatic rings. The molecule has 3 rings (SSSR count). The van der Waals surface area contributed by atoms with E-state index >= 15 is 0 Å². The van der Waals surface area contributed by atoms with E-state index in [2.05, 4.69) is 10.6 Å². The standard InChI is InChI=1S/C15H21N3O3/c19-14(16-8-13-2-1-7-21-13)10-18-6-5-11(9-18)15(20)17-12-3-4-12/h1-2,7,11-12H,3-6,8-10H2,(H,16,19)(H,17,20). The predicted octanol–water partition coefficient (Wildman–Crippen LogP) is 0.496. The normalized spacial score (nSPS) is 22.2. The van der Waals surface area contributed by atoms with Crippen molar-refractivity contribution >= 4 is 11.8 Å². The van der Waals surface area contributed by atoms with Crippen molar-refractivity contribution in [2.45, 2.75) is 31.8 Å². The molecule has 21 heavy (non-hydrogen) atoms. The summed E-state index contributed by atoms with van der Waals surface area (Å²) in [6.45, 7) is 2.23. The Morgan fingerprint density at radius 3 is 2.90 bits per heavy atom. The molecule has 2 amide bonds. The monoisotopic (exact) mass is 291 g/mol. The van der Waals surface area contributed by atoms with E-state index in [0.717, 1.165) is 31.6 Å². The number of furan rings is 1. The van der Waals surface area contributed by atoms with Gasteiger partial charge in [0.15, 0.2) is 0 Å². The molecule has 1 saturated carbocycles. The van der Waals surface area contributed by atoms with Crippen LogP contribution in [0.4, 0.5) is 0 Å². The van der Waals surface area contributed by atoms with Crippen LogP contribution in [-0.4, -0.2) is 42.4 Å². The van der Waals surface area contributed by atoms with Crippen LogP contribution < -0.4 is 10.6 Å². The highest BCUT2D eigenvalue weighted by Gasteiger charge is 2.32. The number of amides is 2. The molecule has 1 atom stereocenters. The van der Waals surface area contributed by atoms with Gasteiger partial charge in [-0.15, -0.1) is 0 Å². The van der Waals surface area contributed by atoms with Crippen LogP contribution in [-0.2, 0) is 16.1 Å². The Morgan fingerprint density at radius 2 is 2.19 bits per heavy atom. The molecule has 1 unspecified atom stereocenters. The summed E-state index contributed by atoms with van der Waals surface area (Å²) in [6, 6.07) is 4.03. The molecular formula is C15H21N3O3. The van der Waals surface area contributed by atoms with Crippen molar-refractivity contribution in [1.29, 1.82) is 0 Å². The average molecular weight is 291 g/mol. The number of hydrogen-bond donors (Lipinski definition) is 2. The molecule has 2 fully saturated rings. The van der Waals surface area contributed by atoms with Gasteiger partial charge in [0.25, 0.3) is 0 Å². The van der Waals surface area contributed by atoms with Crippen LogP contribution in [0.25, 0.3) is 0 Å². The third kappa shape index (κ3) is 4.07. The van der Waals surface area contributed by atoms with Gasteiger partial charge < -0.3 is 15.1 Å². The highest BCUT2D eigenvalue weighted by Crippen LogP contribution is 2.22. The molecule has 6 nitrogen and oxygen atoms in total. The molecule has 2 N–H and O–H groups in total. The molecule has 114 valence electrons. The first-order valence-corrected chi connectivity index (χ1v) is 7.52. The van der Waals surface area contributed by atoms with Crippen molar-refractivity contribution in [3.8, 4) is 0 Å². The highest BCUT2D eigenvalue weighted by atomic mass is 16.3. The summed E-state index contributed by atoms with van der Waals surface area (Å²) in [4.78, 5) is 25.9. The topological polar surface area (TPSA) is 74.6 Å². The second-order valence-corrected chi connectivity index (χ2v) is 5.86. The van der Waals surface area contributed by atoms with Gasteiger partial charge in [0, 0.05) is 12.6 Å². The predicted molar refractivity (Wildman–Crippen MR) is 76.3 cm³/mol. The Morgan fingerprint density at radius 1 is 1.33 bits per heavy atom. The van der Waals surface area contributed by atoms with Gasteiger partial charge in [-0.05, 0) is 37.9 Å². The lowest BCUT2D eigenvalue weighted by Gasteiger charge is -2.15. The molecule has 1 aromatic rings. The van der Waals surface area contributed by atoms with E-state index in [1.54, 1.807) is 12.3 Å². The van der Waals surface area contributed by atoms with E-state index in [4.69, 9.17) is 4.42 Å². The van der Waals surface area contributed by atoms with Gasteiger partial charge in [0.2, 0.25) is 11.8 Å². The Bertz CT molecular complexity index is 496. The second-order valence-electron chi connectivity index (χ2n) is 5.86. The molecule has 0 radical (unpaired) electrons. The molecule has 1 aliphatic heterocycles. The third-order valence-electron chi connectivity index (χ3n) is 3.97. The molecule has 2 heterocycles. The van der Waals surface area contributed by atoms with Crippen LogP contribution in [0, 0.1) is 5.92 Å². The summed E-state index contributed by atoms with van der Waals surface area (Å²) in [5.74, 6) is 0.889. The number of hydrogen-bond acceptors (Lipinski definition) is 4. The average Bonchev–Trinajstić information content (AvgIpc) is 2.95. The van der Waals surface area contributed by atoms with Crippen molar-refractivity contribution in [1.82, 2.24) is 15.5 Å². The van der Waals surface area contributed by atoms with Crippen LogP contribution >= 0.6 is 0 Å².